The first-order valence-corrected chi connectivity index (χ1v) is 12.4. The average Bonchev–Trinajstić information content (AvgIpc) is 3.13. The van der Waals surface area contributed by atoms with Crippen LogP contribution in [0.15, 0.2) is 52.4 Å². The maximum Gasteiger partial charge on any atom is 0.150 e. The molecule has 5 nitrogen and oxygen atoms in total. The molecule has 4 rings (SSSR count). The summed E-state index contributed by atoms with van der Waals surface area (Å²) in [5.74, 6) is 0. The van der Waals surface area contributed by atoms with E-state index < -0.39 is 21.8 Å². The number of nitrogens with zero attached hydrogens (tertiary/aromatic N) is 1. The van der Waals surface area contributed by atoms with Gasteiger partial charge in [0.05, 0.1) is 36.9 Å². The van der Waals surface area contributed by atoms with E-state index >= 15 is 0 Å². The van der Waals surface area contributed by atoms with Gasteiger partial charge in [0.15, 0.2) is 0 Å². The third-order valence-electron chi connectivity index (χ3n) is 5.18. The Labute approximate surface area is 184 Å². The fourth-order valence-corrected chi connectivity index (χ4v) is 6.36. The molecule has 0 spiro atoms. The van der Waals surface area contributed by atoms with Crippen LogP contribution in [-0.2, 0) is 21.8 Å². The van der Waals surface area contributed by atoms with Crippen LogP contribution >= 0.6 is 23.2 Å². The van der Waals surface area contributed by atoms with E-state index in [1.807, 2.05) is 12.1 Å². The minimum Gasteiger partial charge on any atom is -0.358 e. The summed E-state index contributed by atoms with van der Waals surface area (Å²) in [6.45, 7) is 1.95. The third kappa shape index (κ3) is 4.39. The van der Waals surface area contributed by atoms with Crippen LogP contribution < -0.4 is 4.72 Å². The van der Waals surface area contributed by atoms with Crippen molar-refractivity contribution in [2.45, 2.75) is 27.9 Å². The lowest BCUT2D eigenvalue weighted by Crippen LogP contribution is -2.34. The van der Waals surface area contributed by atoms with E-state index in [-0.39, 0.29) is 5.25 Å². The molecule has 1 aliphatic rings. The number of halogens is 2. The second kappa shape index (κ2) is 8.78. The lowest BCUT2D eigenvalue weighted by molar-refractivity contribution is 0.280. The van der Waals surface area contributed by atoms with Crippen molar-refractivity contribution in [2.24, 2.45) is 0 Å². The fourth-order valence-electron chi connectivity index (χ4n) is 3.50. The molecule has 2 aromatic carbocycles. The number of likely N-dealkylation sites (tertiary alicyclic amines) is 1. The molecule has 9 heteroatoms. The first-order chi connectivity index (χ1) is 13.9. The van der Waals surface area contributed by atoms with Gasteiger partial charge in [0, 0.05) is 21.7 Å². The van der Waals surface area contributed by atoms with E-state index in [0.29, 0.717) is 31.5 Å². The summed E-state index contributed by atoms with van der Waals surface area (Å²) >= 11 is 12.4. The molecule has 2 atom stereocenters. The smallest absolute Gasteiger partial charge is 0.150 e. The quantitative estimate of drug-likeness (QED) is 0.563. The zero-order chi connectivity index (χ0) is 20.5. The van der Waals surface area contributed by atoms with E-state index in [1.54, 1.807) is 30.5 Å². The number of hydrogen-bond acceptors (Lipinski definition) is 3. The Hall–Kier alpha value is -1.38. The van der Waals surface area contributed by atoms with E-state index in [0.717, 1.165) is 30.8 Å². The molecule has 29 heavy (non-hydrogen) atoms. The van der Waals surface area contributed by atoms with Crippen molar-refractivity contribution in [1.29, 1.82) is 0 Å². The van der Waals surface area contributed by atoms with Crippen LogP contribution in [0.25, 0.3) is 10.9 Å². The van der Waals surface area contributed by atoms with E-state index in [9.17, 15) is 8.42 Å². The van der Waals surface area contributed by atoms with Crippen LogP contribution in [0.3, 0.4) is 0 Å². The molecule has 3 aromatic rings. The fraction of sp³-hybridized carbons (Fsp3) is 0.300. The molecule has 0 bridgehead atoms. The van der Waals surface area contributed by atoms with Gasteiger partial charge in [-0.2, -0.15) is 0 Å². The zero-order valence-electron chi connectivity index (χ0n) is 15.8. The Morgan fingerprint density at radius 1 is 1.00 bits per heavy atom. The van der Waals surface area contributed by atoms with Crippen molar-refractivity contribution in [1.82, 2.24) is 9.88 Å². The van der Waals surface area contributed by atoms with Crippen LogP contribution in [0, 0.1) is 0 Å². The Morgan fingerprint density at radius 2 is 1.66 bits per heavy atom. The molecule has 1 aromatic heterocycles. The maximum absolute atomic E-state index is 12.8. The highest BCUT2D eigenvalue weighted by Gasteiger charge is 2.23. The number of H-pyrrole nitrogens is 1. The average molecular weight is 470 g/mol. The van der Waals surface area contributed by atoms with Crippen molar-refractivity contribution >= 4 is 61.6 Å². The lowest BCUT2D eigenvalue weighted by atomic mass is 10.1. The van der Waals surface area contributed by atoms with Gasteiger partial charge in [-0.25, -0.2) is 4.21 Å². The molecule has 1 aliphatic heterocycles. The molecule has 2 heterocycles. The SMILES string of the molecule is CN1CCC(S(=O)c2ccc(S(=O)Nc3ccc(Cl)c4c(Cl)c[nH]c34)cc2)CC1. The summed E-state index contributed by atoms with van der Waals surface area (Å²) < 4.78 is 28.6. The zero-order valence-corrected chi connectivity index (χ0v) is 18.9. The maximum atomic E-state index is 12.8. The highest BCUT2D eigenvalue weighted by Crippen LogP contribution is 2.35. The summed E-state index contributed by atoms with van der Waals surface area (Å²) in [5.41, 5.74) is 1.35. The van der Waals surface area contributed by atoms with Gasteiger partial charge < -0.3 is 9.88 Å². The summed E-state index contributed by atoms with van der Waals surface area (Å²) in [6, 6.07) is 10.6. The molecule has 154 valence electrons. The summed E-state index contributed by atoms with van der Waals surface area (Å²) in [7, 11) is -0.434. The van der Waals surface area contributed by atoms with Crippen molar-refractivity contribution in [3.8, 4) is 0 Å². The number of nitrogens with one attached hydrogen (secondary N) is 2. The Balaban J connectivity index is 1.49. The number of piperidine rings is 1. The van der Waals surface area contributed by atoms with Crippen molar-refractivity contribution in [2.75, 3.05) is 24.9 Å². The topological polar surface area (TPSA) is 65.2 Å². The summed E-state index contributed by atoms with van der Waals surface area (Å²) in [4.78, 5) is 6.71. The molecular formula is C20H21Cl2N3O2S2. The monoisotopic (exact) mass is 469 g/mol. The number of anilines is 1. The molecule has 0 aliphatic carbocycles. The standard InChI is InChI=1S/C20H21Cl2N3O2S2/c1-25-10-8-14(9-11-25)28(26)13-2-4-15(5-3-13)29(27)24-18-7-6-16(21)19-17(22)12-23-20(18)19/h2-7,12,14,23-24H,8-11H2,1H3. The highest BCUT2D eigenvalue weighted by atomic mass is 35.5. The third-order valence-corrected chi connectivity index (χ3v) is 8.71. The molecule has 0 saturated carbocycles. The molecule has 1 fully saturated rings. The number of rotatable bonds is 5. The molecule has 0 radical (unpaired) electrons. The van der Waals surface area contributed by atoms with Crippen LogP contribution in [0.4, 0.5) is 5.69 Å². The largest absolute Gasteiger partial charge is 0.358 e. The molecule has 2 unspecified atom stereocenters. The van der Waals surface area contributed by atoms with Crippen LogP contribution in [0.5, 0.6) is 0 Å². The van der Waals surface area contributed by atoms with Crippen molar-refractivity contribution in [3.63, 3.8) is 0 Å². The predicted molar refractivity (Wildman–Crippen MR) is 122 cm³/mol. The highest BCUT2D eigenvalue weighted by molar-refractivity contribution is 7.86. The first kappa shape index (κ1) is 20.9. The van der Waals surface area contributed by atoms with E-state index in [4.69, 9.17) is 23.2 Å². The van der Waals surface area contributed by atoms with Gasteiger partial charge >= 0.3 is 0 Å². The molecule has 1 saturated heterocycles. The van der Waals surface area contributed by atoms with Gasteiger partial charge in [-0.15, -0.1) is 0 Å². The Bertz CT molecular complexity index is 1080. The van der Waals surface area contributed by atoms with E-state index in [2.05, 4.69) is 21.7 Å². The molecule has 0 amide bonds. The number of aromatic nitrogens is 1. The van der Waals surface area contributed by atoms with Gasteiger partial charge in [0.1, 0.15) is 11.0 Å². The van der Waals surface area contributed by atoms with Gasteiger partial charge in [-0.05, 0) is 69.4 Å². The minimum atomic E-state index is -1.48. The van der Waals surface area contributed by atoms with Gasteiger partial charge in [0.2, 0.25) is 0 Å². The van der Waals surface area contributed by atoms with Gasteiger partial charge in [-0.3, -0.25) is 8.93 Å². The number of benzene rings is 2. The molecular weight excluding hydrogens is 449 g/mol. The molecule has 2 N–H and O–H groups in total. The Kier molecular flexibility index (Phi) is 6.32. The minimum absolute atomic E-state index is 0.181. The Morgan fingerprint density at radius 3 is 2.34 bits per heavy atom. The van der Waals surface area contributed by atoms with Crippen LogP contribution in [0.2, 0.25) is 10.0 Å². The second-order valence-electron chi connectivity index (χ2n) is 7.12. The van der Waals surface area contributed by atoms with Crippen LogP contribution in [0.1, 0.15) is 12.8 Å². The normalized spacial score (nSPS) is 18.0. The van der Waals surface area contributed by atoms with Crippen LogP contribution in [-0.4, -0.2) is 43.7 Å². The summed E-state index contributed by atoms with van der Waals surface area (Å²) in [6.07, 6.45) is 3.52. The summed E-state index contributed by atoms with van der Waals surface area (Å²) in [5, 5.41) is 1.92. The number of aromatic amines is 1. The van der Waals surface area contributed by atoms with Gasteiger partial charge in [-0.1, -0.05) is 23.2 Å². The van der Waals surface area contributed by atoms with Crippen molar-refractivity contribution in [3.05, 3.63) is 52.6 Å². The second-order valence-corrected chi connectivity index (χ2v) is 10.9. The first-order valence-electron chi connectivity index (χ1n) is 9.26. The van der Waals surface area contributed by atoms with Crippen molar-refractivity contribution < 1.29 is 8.42 Å². The lowest BCUT2D eigenvalue weighted by Gasteiger charge is -2.28. The predicted octanol–water partition coefficient (Wildman–Crippen LogP) is 4.81. The number of fused-ring (bicyclic) bond motifs is 1. The van der Waals surface area contributed by atoms with Gasteiger partial charge in [0.25, 0.3) is 0 Å². The number of hydrogen-bond donors (Lipinski definition) is 2. The van der Waals surface area contributed by atoms with E-state index in [1.165, 1.54) is 0 Å².